The monoisotopic (exact) mass is 443 g/mol. The largest absolute Gasteiger partial charge is 0.390 e. The second-order valence-electron chi connectivity index (χ2n) is 11.2. The van der Waals surface area contributed by atoms with Crippen LogP contribution in [-0.4, -0.2) is 38.2 Å². The summed E-state index contributed by atoms with van der Waals surface area (Å²) in [7, 11) is 0. The fourth-order valence-corrected chi connectivity index (χ4v) is 4.80. The van der Waals surface area contributed by atoms with Crippen molar-refractivity contribution in [2.45, 2.75) is 110 Å². The molecule has 2 aromatic rings. The van der Waals surface area contributed by atoms with Gasteiger partial charge in [-0.1, -0.05) is 59.7 Å². The Balaban J connectivity index is 1.99. The molecule has 3 rings (SSSR count). The zero-order valence-electron chi connectivity index (χ0n) is 21.0. The average molecular weight is 444 g/mol. The molecule has 1 fully saturated rings. The lowest BCUT2D eigenvalue weighted by Crippen LogP contribution is -2.62. The van der Waals surface area contributed by atoms with Crippen LogP contribution < -0.4 is 10.9 Å². The van der Waals surface area contributed by atoms with Crippen LogP contribution >= 0.6 is 0 Å². The fourth-order valence-electron chi connectivity index (χ4n) is 4.80. The number of aromatic amines is 1. The molecule has 4 N–H and O–H groups in total. The number of aliphatic hydroxyl groups excluding tert-OH is 2. The van der Waals surface area contributed by atoms with E-state index in [1.807, 2.05) is 34.6 Å². The first-order valence-corrected chi connectivity index (χ1v) is 11.9. The highest BCUT2D eigenvalue weighted by Gasteiger charge is 2.53. The zero-order chi connectivity index (χ0) is 24.1. The van der Waals surface area contributed by atoms with E-state index < -0.39 is 29.7 Å². The Bertz CT molecular complexity index is 974. The van der Waals surface area contributed by atoms with Crippen molar-refractivity contribution in [3.8, 4) is 0 Å². The molecule has 178 valence electrons. The summed E-state index contributed by atoms with van der Waals surface area (Å²) in [6, 6.07) is 5.72. The SMILES string of the molecule is CC(C)c1cccc(C(C)C)c1NC1C(O)C(c2c(C(C)C)[nH]n(C(C)(C)C)c2=O)C1O. The Morgan fingerprint density at radius 2 is 1.44 bits per heavy atom. The van der Waals surface area contributed by atoms with Gasteiger partial charge < -0.3 is 15.5 Å². The van der Waals surface area contributed by atoms with Gasteiger partial charge in [0.1, 0.15) is 0 Å². The first-order valence-electron chi connectivity index (χ1n) is 11.9. The molecule has 2 unspecified atom stereocenters. The predicted octanol–water partition coefficient (Wildman–Crippen LogP) is 4.60. The van der Waals surface area contributed by atoms with Crippen molar-refractivity contribution in [3.63, 3.8) is 0 Å². The number of nitrogens with one attached hydrogen (secondary N) is 2. The third kappa shape index (κ3) is 4.15. The second-order valence-corrected chi connectivity index (χ2v) is 11.2. The number of nitrogens with zero attached hydrogens (tertiary/aromatic N) is 1. The molecule has 1 aromatic carbocycles. The molecule has 32 heavy (non-hydrogen) atoms. The number of aliphatic hydroxyl groups is 2. The van der Waals surface area contributed by atoms with Gasteiger partial charge in [-0.05, 0) is 49.7 Å². The van der Waals surface area contributed by atoms with Crippen LogP contribution in [0.25, 0.3) is 0 Å². The van der Waals surface area contributed by atoms with Crippen LogP contribution in [0.15, 0.2) is 23.0 Å². The maximum Gasteiger partial charge on any atom is 0.270 e. The fraction of sp³-hybridized carbons (Fsp3) is 0.654. The van der Waals surface area contributed by atoms with Gasteiger partial charge in [-0.25, -0.2) is 4.68 Å². The second kappa shape index (κ2) is 8.71. The van der Waals surface area contributed by atoms with Crippen molar-refractivity contribution in [3.05, 3.63) is 50.9 Å². The quantitative estimate of drug-likeness (QED) is 0.525. The minimum atomic E-state index is -0.861. The minimum Gasteiger partial charge on any atom is -0.390 e. The highest BCUT2D eigenvalue weighted by atomic mass is 16.3. The molecule has 0 radical (unpaired) electrons. The number of para-hydroxylation sites is 1. The lowest BCUT2D eigenvalue weighted by Gasteiger charge is -2.47. The molecule has 0 amide bonds. The molecule has 6 nitrogen and oxygen atoms in total. The molecule has 0 bridgehead atoms. The molecule has 1 aromatic heterocycles. The molecule has 1 heterocycles. The average Bonchev–Trinajstić information content (AvgIpc) is 3.03. The van der Waals surface area contributed by atoms with Crippen molar-refractivity contribution in [2.75, 3.05) is 5.32 Å². The molecule has 2 atom stereocenters. The molecule has 0 spiro atoms. The molecule has 1 aliphatic carbocycles. The molecule has 1 aliphatic rings. The van der Waals surface area contributed by atoms with Crippen LogP contribution in [0, 0.1) is 0 Å². The van der Waals surface area contributed by atoms with Gasteiger partial charge in [-0.2, -0.15) is 0 Å². The molecule has 0 aliphatic heterocycles. The van der Waals surface area contributed by atoms with Crippen molar-refractivity contribution >= 4 is 5.69 Å². The minimum absolute atomic E-state index is 0.0712. The van der Waals surface area contributed by atoms with E-state index in [9.17, 15) is 15.0 Å². The summed E-state index contributed by atoms with van der Waals surface area (Å²) in [4.78, 5) is 13.3. The number of hydrogen-bond donors (Lipinski definition) is 4. The van der Waals surface area contributed by atoms with E-state index in [0.29, 0.717) is 17.4 Å². The van der Waals surface area contributed by atoms with Crippen LogP contribution in [0.2, 0.25) is 0 Å². The molecule has 1 saturated carbocycles. The van der Waals surface area contributed by atoms with Gasteiger partial charge in [-0.3, -0.25) is 9.89 Å². The zero-order valence-corrected chi connectivity index (χ0v) is 21.0. The van der Waals surface area contributed by atoms with E-state index in [1.54, 1.807) is 4.68 Å². The number of aromatic nitrogens is 2. The summed E-state index contributed by atoms with van der Waals surface area (Å²) in [6.45, 7) is 18.5. The Hall–Kier alpha value is -2.05. The lowest BCUT2D eigenvalue weighted by molar-refractivity contribution is -0.0669. The van der Waals surface area contributed by atoms with E-state index in [-0.39, 0.29) is 11.5 Å². The third-order valence-electron chi connectivity index (χ3n) is 6.69. The van der Waals surface area contributed by atoms with E-state index in [0.717, 1.165) is 11.4 Å². The molecular weight excluding hydrogens is 402 g/mol. The van der Waals surface area contributed by atoms with Crippen molar-refractivity contribution < 1.29 is 10.2 Å². The van der Waals surface area contributed by atoms with Gasteiger partial charge >= 0.3 is 0 Å². The van der Waals surface area contributed by atoms with Crippen LogP contribution in [0.5, 0.6) is 0 Å². The van der Waals surface area contributed by atoms with E-state index in [4.69, 9.17) is 0 Å². The predicted molar refractivity (Wildman–Crippen MR) is 131 cm³/mol. The number of H-pyrrole nitrogens is 1. The maximum absolute atomic E-state index is 13.3. The Kier molecular flexibility index (Phi) is 6.69. The van der Waals surface area contributed by atoms with Crippen LogP contribution in [0.3, 0.4) is 0 Å². The topological polar surface area (TPSA) is 90.3 Å². The van der Waals surface area contributed by atoms with Gasteiger partial charge in [0.05, 0.1) is 23.8 Å². The van der Waals surface area contributed by atoms with Crippen molar-refractivity contribution in [2.24, 2.45) is 0 Å². The Morgan fingerprint density at radius 3 is 1.84 bits per heavy atom. The summed E-state index contributed by atoms with van der Waals surface area (Å²) in [5, 5.41) is 29.1. The van der Waals surface area contributed by atoms with Gasteiger partial charge in [-0.15, -0.1) is 0 Å². The van der Waals surface area contributed by atoms with Gasteiger partial charge in [0, 0.05) is 22.9 Å². The molecule has 0 saturated heterocycles. The first-order chi connectivity index (χ1) is 14.8. The van der Waals surface area contributed by atoms with E-state index >= 15 is 0 Å². The highest BCUT2D eigenvalue weighted by molar-refractivity contribution is 5.61. The third-order valence-corrected chi connectivity index (χ3v) is 6.69. The van der Waals surface area contributed by atoms with E-state index in [1.165, 1.54) is 11.1 Å². The van der Waals surface area contributed by atoms with Gasteiger partial charge in [0.15, 0.2) is 0 Å². The lowest BCUT2D eigenvalue weighted by atomic mass is 9.69. The van der Waals surface area contributed by atoms with E-state index in [2.05, 4.69) is 56.3 Å². The summed E-state index contributed by atoms with van der Waals surface area (Å²) < 4.78 is 1.61. The standard InChI is InChI=1S/C26H41N3O3/c1-13(2)16-11-10-12-17(14(3)4)21(16)27-22-23(30)19(24(22)31)18-20(15(5)6)28-29(25(18)32)26(7,8)9/h10-15,19,22-24,27-28,30-31H,1-9H3. The van der Waals surface area contributed by atoms with Crippen molar-refractivity contribution in [1.29, 1.82) is 0 Å². The summed E-state index contributed by atoms with van der Waals surface area (Å²) in [5.41, 5.74) is 4.04. The van der Waals surface area contributed by atoms with Gasteiger partial charge in [0.25, 0.3) is 5.56 Å². The number of anilines is 1. The summed E-state index contributed by atoms with van der Waals surface area (Å²) in [5.74, 6) is 0.0583. The Morgan fingerprint density at radius 1 is 0.938 bits per heavy atom. The van der Waals surface area contributed by atoms with Crippen LogP contribution in [0.4, 0.5) is 5.69 Å². The van der Waals surface area contributed by atoms with Crippen LogP contribution in [0.1, 0.15) is 108 Å². The molecular formula is C26H41N3O3. The summed E-state index contributed by atoms with van der Waals surface area (Å²) in [6.07, 6.45) is -1.72. The smallest absolute Gasteiger partial charge is 0.270 e. The Labute approximate surface area is 192 Å². The highest BCUT2D eigenvalue weighted by Crippen LogP contribution is 2.43. The normalized spacial score (nSPS) is 23.8. The van der Waals surface area contributed by atoms with Crippen molar-refractivity contribution in [1.82, 2.24) is 9.78 Å². The number of hydrogen-bond acceptors (Lipinski definition) is 4. The maximum atomic E-state index is 13.3. The summed E-state index contributed by atoms with van der Waals surface area (Å²) >= 11 is 0. The first kappa shape index (κ1) is 24.6. The molecule has 6 heteroatoms. The number of benzene rings is 1. The van der Waals surface area contributed by atoms with Gasteiger partial charge in [0.2, 0.25) is 0 Å². The number of rotatable bonds is 6. The van der Waals surface area contributed by atoms with Crippen LogP contribution in [-0.2, 0) is 5.54 Å².